The van der Waals surface area contributed by atoms with Crippen molar-refractivity contribution in [1.82, 2.24) is 19.9 Å². The number of nitrogen functional groups attached to an aromatic ring is 1. The number of anilines is 1. The van der Waals surface area contributed by atoms with E-state index in [1.165, 1.54) is 6.20 Å². The quantitative estimate of drug-likeness (QED) is 0.718. The number of fused-ring (bicyclic) bond motifs is 1. The minimum absolute atomic E-state index is 0.314. The number of halogens is 2. The highest BCUT2D eigenvalue weighted by atomic mass is 35.5. The first kappa shape index (κ1) is 11.3. The Hall–Kier alpha value is -1.85. The Morgan fingerprint density at radius 1 is 1.06 bits per heavy atom. The summed E-state index contributed by atoms with van der Waals surface area (Å²) < 4.78 is 0. The molecule has 0 saturated heterocycles. The van der Waals surface area contributed by atoms with E-state index in [2.05, 4.69) is 19.9 Å². The molecule has 3 rings (SSSR count). The van der Waals surface area contributed by atoms with E-state index >= 15 is 0 Å². The fourth-order valence-electron chi connectivity index (χ4n) is 1.65. The Balaban J connectivity index is 2.23. The van der Waals surface area contributed by atoms with Gasteiger partial charge in [-0.05, 0) is 12.1 Å². The molecule has 2 aromatic heterocycles. The van der Waals surface area contributed by atoms with Gasteiger partial charge in [0.25, 0.3) is 0 Å². The number of rotatable bonds is 1. The zero-order valence-electron chi connectivity index (χ0n) is 8.98. The molecule has 0 unspecified atom stereocenters. The molecule has 0 aliphatic rings. The zero-order chi connectivity index (χ0) is 12.7. The van der Waals surface area contributed by atoms with E-state index in [0.717, 1.165) is 5.52 Å². The monoisotopic (exact) mass is 279 g/mol. The first-order chi connectivity index (χ1) is 8.65. The van der Waals surface area contributed by atoms with Gasteiger partial charge in [0.05, 0.1) is 21.1 Å². The summed E-state index contributed by atoms with van der Waals surface area (Å²) in [6.45, 7) is 0. The fraction of sp³-hybridized carbons (Fsp3) is 0. The minimum atomic E-state index is 0.314. The highest BCUT2D eigenvalue weighted by Crippen LogP contribution is 2.29. The Bertz CT molecular complexity index is 698. The normalized spacial score (nSPS) is 11.0. The molecule has 2 heterocycles. The second-order valence-electron chi connectivity index (χ2n) is 3.66. The largest absolute Gasteiger partial charge is 0.382 e. The summed E-state index contributed by atoms with van der Waals surface area (Å²) in [6.07, 6.45) is 3.08. The topological polar surface area (TPSA) is 80.5 Å². The number of aromatic amines is 1. The van der Waals surface area contributed by atoms with Crippen LogP contribution in [0.25, 0.3) is 22.6 Å². The van der Waals surface area contributed by atoms with E-state index < -0.39 is 0 Å². The minimum Gasteiger partial charge on any atom is -0.382 e. The molecule has 0 fully saturated rings. The number of aromatic nitrogens is 4. The van der Waals surface area contributed by atoms with E-state index in [4.69, 9.17) is 28.9 Å². The van der Waals surface area contributed by atoms with E-state index in [-0.39, 0.29) is 0 Å². The molecule has 3 aromatic rings. The predicted molar refractivity (Wildman–Crippen MR) is 71.6 cm³/mol. The summed E-state index contributed by atoms with van der Waals surface area (Å²) in [5.41, 5.74) is 7.72. The van der Waals surface area contributed by atoms with Gasteiger partial charge in [-0.2, -0.15) is 0 Å². The van der Waals surface area contributed by atoms with Gasteiger partial charge < -0.3 is 10.7 Å². The number of hydrogen-bond donors (Lipinski definition) is 2. The molecule has 5 nitrogen and oxygen atoms in total. The van der Waals surface area contributed by atoms with Gasteiger partial charge in [-0.15, -0.1) is 0 Å². The van der Waals surface area contributed by atoms with Gasteiger partial charge in [0.15, 0.2) is 11.6 Å². The van der Waals surface area contributed by atoms with Gasteiger partial charge in [-0.3, -0.25) is 0 Å². The highest BCUT2D eigenvalue weighted by Gasteiger charge is 2.11. The predicted octanol–water partition coefficient (Wildman–Crippen LogP) is 2.91. The maximum absolute atomic E-state index is 5.94. The zero-order valence-corrected chi connectivity index (χ0v) is 10.5. The highest BCUT2D eigenvalue weighted by molar-refractivity contribution is 6.42. The number of hydrogen-bond acceptors (Lipinski definition) is 4. The summed E-state index contributed by atoms with van der Waals surface area (Å²) in [5.74, 6) is 0.850. The van der Waals surface area contributed by atoms with Crippen LogP contribution in [-0.2, 0) is 0 Å². The number of benzene rings is 1. The molecule has 7 heteroatoms. The lowest BCUT2D eigenvalue weighted by molar-refractivity contribution is 1.17. The average Bonchev–Trinajstić information content (AvgIpc) is 2.73. The number of nitrogens with one attached hydrogen (secondary N) is 1. The third-order valence-corrected chi connectivity index (χ3v) is 3.20. The SMILES string of the molecule is Nc1nccnc1-c1nc2cc(Cl)c(Cl)cc2[nH]1. The smallest absolute Gasteiger partial charge is 0.161 e. The third kappa shape index (κ3) is 1.77. The van der Waals surface area contributed by atoms with Crippen LogP contribution in [0.3, 0.4) is 0 Å². The first-order valence-electron chi connectivity index (χ1n) is 5.07. The molecule has 18 heavy (non-hydrogen) atoms. The van der Waals surface area contributed by atoms with E-state index in [1.807, 2.05) is 0 Å². The Morgan fingerprint density at radius 3 is 2.56 bits per heavy atom. The lowest BCUT2D eigenvalue weighted by atomic mass is 10.3. The van der Waals surface area contributed by atoms with Crippen LogP contribution >= 0.6 is 23.2 Å². The maximum atomic E-state index is 5.94. The van der Waals surface area contributed by atoms with Crippen LogP contribution in [0.4, 0.5) is 5.82 Å². The summed E-state index contributed by atoms with van der Waals surface area (Å²) in [6, 6.07) is 3.40. The molecular formula is C11H7Cl2N5. The molecule has 0 spiro atoms. The number of imidazole rings is 1. The van der Waals surface area contributed by atoms with Crippen LogP contribution in [0.15, 0.2) is 24.5 Å². The van der Waals surface area contributed by atoms with Crippen molar-refractivity contribution in [1.29, 1.82) is 0 Å². The summed E-state index contributed by atoms with van der Waals surface area (Å²) in [4.78, 5) is 15.6. The molecule has 1 aromatic carbocycles. The number of nitrogens with two attached hydrogens (primary N) is 1. The molecule has 0 aliphatic heterocycles. The Kier molecular flexibility index (Phi) is 2.57. The molecule has 0 bridgehead atoms. The third-order valence-electron chi connectivity index (χ3n) is 2.47. The molecular weight excluding hydrogens is 273 g/mol. The van der Waals surface area contributed by atoms with Gasteiger partial charge >= 0.3 is 0 Å². The van der Waals surface area contributed by atoms with Gasteiger partial charge in [0.1, 0.15) is 5.69 Å². The summed E-state index contributed by atoms with van der Waals surface area (Å²) >= 11 is 11.9. The van der Waals surface area contributed by atoms with Crippen molar-refractivity contribution in [2.45, 2.75) is 0 Å². The summed E-state index contributed by atoms with van der Waals surface area (Å²) in [7, 11) is 0. The maximum Gasteiger partial charge on any atom is 0.161 e. The van der Waals surface area contributed by atoms with Gasteiger partial charge in [0, 0.05) is 12.4 Å². The molecule has 0 amide bonds. The molecule has 0 aliphatic carbocycles. The molecule has 0 radical (unpaired) electrons. The number of H-pyrrole nitrogens is 1. The molecule has 0 saturated carbocycles. The van der Waals surface area contributed by atoms with Gasteiger partial charge in [-0.1, -0.05) is 23.2 Å². The van der Waals surface area contributed by atoms with Gasteiger partial charge in [-0.25, -0.2) is 15.0 Å². The van der Waals surface area contributed by atoms with Crippen molar-refractivity contribution in [3.8, 4) is 11.5 Å². The second kappa shape index (κ2) is 4.12. The van der Waals surface area contributed by atoms with Crippen molar-refractivity contribution in [2.24, 2.45) is 0 Å². The molecule has 3 N–H and O–H groups in total. The summed E-state index contributed by atoms with van der Waals surface area (Å²) in [5, 5.41) is 0.917. The molecule has 0 atom stereocenters. The van der Waals surface area contributed by atoms with Crippen LogP contribution in [0, 0.1) is 0 Å². The van der Waals surface area contributed by atoms with Crippen molar-refractivity contribution >= 4 is 40.1 Å². The lowest BCUT2D eigenvalue weighted by Crippen LogP contribution is -1.96. The van der Waals surface area contributed by atoms with Gasteiger partial charge in [0.2, 0.25) is 0 Å². The van der Waals surface area contributed by atoms with Crippen LogP contribution < -0.4 is 5.73 Å². The lowest BCUT2D eigenvalue weighted by Gasteiger charge is -1.97. The van der Waals surface area contributed by atoms with E-state index in [0.29, 0.717) is 32.9 Å². The van der Waals surface area contributed by atoms with Crippen LogP contribution in [0.5, 0.6) is 0 Å². The standard InChI is InChI=1S/C11H7Cl2N5/c12-5-3-7-8(4-6(5)13)18-11(17-7)9-10(14)16-2-1-15-9/h1-4H,(H2,14,16)(H,17,18). The van der Waals surface area contributed by atoms with Crippen LogP contribution in [0.1, 0.15) is 0 Å². The van der Waals surface area contributed by atoms with Crippen LogP contribution in [0.2, 0.25) is 10.0 Å². The van der Waals surface area contributed by atoms with Crippen molar-refractivity contribution in [3.05, 3.63) is 34.6 Å². The second-order valence-corrected chi connectivity index (χ2v) is 4.47. The van der Waals surface area contributed by atoms with Crippen molar-refractivity contribution in [3.63, 3.8) is 0 Å². The Labute approximate surface area is 112 Å². The molecule has 90 valence electrons. The van der Waals surface area contributed by atoms with E-state index in [9.17, 15) is 0 Å². The fourth-order valence-corrected chi connectivity index (χ4v) is 1.97. The first-order valence-corrected chi connectivity index (χ1v) is 5.82. The van der Waals surface area contributed by atoms with Crippen molar-refractivity contribution in [2.75, 3.05) is 5.73 Å². The number of nitrogens with zero attached hydrogens (tertiary/aromatic N) is 3. The van der Waals surface area contributed by atoms with Crippen molar-refractivity contribution < 1.29 is 0 Å². The average molecular weight is 280 g/mol. The Morgan fingerprint density at radius 2 is 1.78 bits per heavy atom. The van der Waals surface area contributed by atoms with Crippen LogP contribution in [-0.4, -0.2) is 19.9 Å². The van der Waals surface area contributed by atoms with E-state index in [1.54, 1.807) is 18.3 Å².